The fourth-order valence-corrected chi connectivity index (χ4v) is 11.1. The lowest BCUT2D eigenvalue weighted by molar-refractivity contribution is 1.21. The van der Waals surface area contributed by atoms with Crippen LogP contribution in [0.2, 0.25) is 0 Å². The third-order valence-corrected chi connectivity index (χ3v) is 13.7. The van der Waals surface area contributed by atoms with E-state index in [-0.39, 0.29) is 26.7 Å². The summed E-state index contributed by atoms with van der Waals surface area (Å²) in [7, 11) is -4.96. The van der Waals surface area contributed by atoms with E-state index in [0.717, 1.165) is 15.5 Å². The zero-order valence-electron chi connectivity index (χ0n) is 55.1. The molecule has 0 radical (unpaired) electrons. The van der Waals surface area contributed by atoms with E-state index in [4.69, 9.17) is 27.4 Å². The van der Waals surface area contributed by atoms with Crippen LogP contribution in [-0.4, -0.2) is 35.3 Å². The Labute approximate surface area is 368 Å². The summed E-state index contributed by atoms with van der Waals surface area (Å²) in [6.07, 6.45) is 0.785. The first-order valence-corrected chi connectivity index (χ1v) is 19.0. The quantitative estimate of drug-likeness (QED) is 0.0759. The highest BCUT2D eigenvalue weighted by atomic mass is 28.3. The number of hydrogen-bond acceptors (Lipinski definition) is 1. The molecule has 270 valence electrons. The number of benzene rings is 8. The smallest absolute Gasteiger partial charge is 0.238 e. The summed E-state index contributed by atoms with van der Waals surface area (Å²) < 4.78 is 234. The van der Waals surface area contributed by atoms with Crippen molar-refractivity contribution >= 4 is 90.6 Å². The zero-order valence-corrected chi connectivity index (χ0v) is 30.1. The molecular weight excluding hydrogens is 711 g/mol. The third-order valence-electron chi connectivity index (χ3n) is 9.33. The van der Waals surface area contributed by atoms with Crippen molar-refractivity contribution in [3.63, 3.8) is 0 Å². The molecular formula is C51H37N5Si. The maximum absolute atomic E-state index is 9.86. The highest BCUT2D eigenvalue weighted by Crippen LogP contribution is 2.30. The number of nitrogens with one attached hydrogen (secondary N) is 1. The number of nitrogens with zero attached hydrogens (tertiary/aromatic N) is 4. The van der Waals surface area contributed by atoms with Crippen molar-refractivity contribution in [2.24, 2.45) is 9.98 Å². The number of fused-ring (bicyclic) bond motifs is 6. The van der Waals surface area contributed by atoms with Crippen molar-refractivity contribution in [2.75, 3.05) is 0 Å². The first kappa shape index (κ1) is 16.4. The van der Waals surface area contributed by atoms with E-state index in [1.807, 2.05) is 0 Å². The van der Waals surface area contributed by atoms with E-state index in [2.05, 4.69) is 9.98 Å². The Morgan fingerprint density at radius 1 is 0.491 bits per heavy atom. The summed E-state index contributed by atoms with van der Waals surface area (Å²) in [6.45, 7) is 0. The fraction of sp³-hybridized carbons (Fsp3) is 0. The van der Waals surface area contributed by atoms with Crippen LogP contribution in [0, 0.1) is 5.41 Å². The highest BCUT2D eigenvalue weighted by molar-refractivity contribution is 7.19. The minimum Gasteiger partial charge on any atom is -0.300 e. The van der Waals surface area contributed by atoms with Crippen LogP contribution >= 0.6 is 0 Å². The van der Waals surface area contributed by atoms with Crippen LogP contribution in [-0.2, 0) is 0 Å². The summed E-state index contributed by atoms with van der Waals surface area (Å²) in [5, 5.41) is 7.38. The summed E-state index contributed by atoms with van der Waals surface area (Å²) in [5.74, 6) is -1.74. The van der Waals surface area contributed by atoms with Crippen LogP contribution in [0.25, 0.3) is 43.6 Å². The number of rotatable bonds is 6. The van der Waals surface area contributed by atoms with Gasteiger partial charge in [0.2, 0.25) is 5.96 Å². The van der Waals surface area contributed by atoms with Crippen LogP contribution in [0.4, 0.5) is 0 Å². The van der Waals surface area contributed by atoms with E-state index in [9.17, 15) is 13.6 Å². The number of para-hydroxylation sites is 4. The maximum atomic E-state index is 9.86. The molecule has 5 nitrogen and oxygen atoms in total. The van der Waals surface area contributed by atoms with Gasteiger partial charge in [0.15, 0.2) is 13.9 Å². The van der Waals surface area contributed by atoms with E-state index >= 15 is 0 Å². The lowest BCUT2D eigenvalue weighted by Gasteiger charge is -2.34. The van der Waals surface area contributed by atoms with E-state index in [0.29, 0.717) is 0 Å². The Bertz CT molecular complexity index is 4390. The van der Waals surface area contributed by atoms with Crippen LogP contribution < -0.4 is 20.7 Å². The normalized spacial score (nSPS) is 18.7. The van der Waals surface area contributed by atoms with Gasteiger partial charge in [-0.05, 0) is 44.9 Å². The maximum Gasteiger partial charge on any atom is 0.238 e. The van der Waals surface area contributed by atoms with E-state index in [1.165, 1.54) is 48.5 Å². The minimum atomic E-state index is -4.96. The van der Waals surface area contributed by atoms with Crippen molar-refractivity contribution in [2.45, 2.75) is 0 Å². The topological polar surface area (TPSA) is 58.4 Å². The van der Waals surface area contributed by atoms with Gasteiger partial charge in [0.05, 0.1) is 57.7 Å². The third kappa shape index (κ3) is 5.74. The zero-order chi connectivity index (χ0) is 60.8. The Kier molecular flexibility index (Phi) is 4.12. The van der Waals surface area contributed by atoms with Crippen LogP contribution in [0.3, 0.4) is 0 Å². The average molecular weight is 774 g/mol. The first-order chi connectivity index (χ1) is 39.0. The molecule has 8 aromatic carbocycles. The van der Waals surface area contributed by atoms with Crippen molar-refractivity contribution < 1.29 is 35.6 Å². The van der Waals surface area contributed by atoms with Crippen LogP contribution in [0.5, 0.6) is 0 Å². The molecule has 0 saturated carbocycles. The van der Waals surface area contributed by atoms with Gasteiger partial charge in [-0.25, -0.2) is 4.99 Å². The second kappa shape index (κ2) is 14.3. The number of aromatic nitrogens is 2. The molecule has 0 amide bonds. The van der Waals surface area contributed by atoms with Crippen molar-refractivity contribution in [3.8, 4) is 0 Å². The molecule has 2 heterocycles. The summed E-state index contributed by atoms with van der Waals surface area (Å²) in [6, 6.07) is -7.79. The summed E-state index contributed by atoms with van der Waals surface area (Å²) in [5.41, 5.74) is -2.29. The molecule has 57 heavy (non-hydrogen) atoms. The molecule has 0 aliphatic carbocycles. The number of amidine groups is 1. The molecule has 0 bridgehead atoms. The Morgan fingerprint density at radius 2 is 0.947 bits per heavy atom. The highest BCUT2D eigenvalue weighted by Gasteiger charge is 2.41. The van der Waals surface area contributed by atoms with Gasteiger partial charge >= 0.3 is 0 Å². The first-order valence-electron chi connectivity index (χ1n) is 30.0. The molecule has 0 atom stereocenters. The molecule has 1 N–H and O–H groups in total. The lowest BCUT2D eigenvalue weighted by atomic mass is 10.2. The standard InChI is InChI=1S/C51H37N5Si/c52-50(37-19-18-26-41(35-37)57(38-20-4-1-5-21-38,39-22-6-2-7-23-39)40-24-8-3-9-25-40)54-51(56-48-33-16-12-29-44(48)45-30-13-17-34-49(45)56)53-36-55-46-31-14-10-27-42(46)43-28-11-15-32-47(43)55/h1-36,52H/b52-50?,53-36+,54-51?/i1D,2D,4D,5D,6D,7D,10D,11D,12D,13D,14D,15D,16D,17D,20D,21D,22D,23D,27D,28D,29D,30D,31D,32D,33D,34D. The second-order valence-electron chi connectivity index (χ2n) is 12.3. The molecule has 6 heteroatoms. The summed E-state index contributed by atoms with van der Waals surface area (Å²) in [4.78, 5) is 9.14. The minimum absolute atomic E-state index is 0.0445. The molecule has 2 aromatic heterocycles. The Hall–Kier alpha value is -7.41. The summed E-state index contributed by atoms with van der Waals surface area (Å²) >= 11 is 0. The van der Waals surface area contributed by atoms with Crippen molar-refractivity contribution in [3.05, 3.63) is 217 Å². The van der Waals surface area contributed by atoms with Gasteiger partial charge in [-0.15, -0.1) is 0 Å². The van der Waals surface area contributed by atoms with Crippen LogP contribution in [0.1, 0.15) is 41.2 Å². The molecule has 0 spiro atoms. The van der Waals surface area contributed by atoms with Gasteiger partial charge in [0.1, 0.15) is 6.34 Å². The molecule has 0 fully saturated rings. The fourth-order valence-electron chi connectivity index (χ4n) is 6.93. The van der Waals surface area contributed by atoms with Crippen LogP contribution in [0.15, 0.2) is 222 Å². The molecule has 0 aliphatic heterocycles. The van der Waals surface area contributed by atoms with Crippen molar-refractivity contribution in [1.29, 1.82) is 5.41 Å². The van der Waals surface area contributed by atoms with Gasteiger partial charge < -0.3 is 0 Å². The molecule has 0 aliphatic rings. The van der Waals surface area contributed by atoms with Gasteiger partial charge in [0.25, 0.3) is 0 Å². The second-order valence-corrected chi connectivity index (χ2v) is 16.0. The van der Waals surface area contributed by atoms with E-state index in [1.54, 1.807) is 6.07 Å². The Morgan fingerprint density at radius 3 is 1.49 bits per heavy atom. The van der Waals surface area contributed by atoms with Gasteiger partial charge in [-0.2, -0.15) is 4.99 Å². The molecule has 10 rings (SSSR count). The molecule has 0 saturated heterocycles. The monoisotopic (exact) mass is 773 g/mol. The number of aliphatic imine (C=N–C) groups is 2. The van der Waals surface area contributed by atoms with Gasteiger partial charge in [-0.3, -0.25) is 14.5 Å². The lowest BCUT2D eigenvalue weighted by Crippen LogP contribution is -2.74. The Balaban J connectivity index is 1.38. The van der Waals surface area contributed by atoms with Crippen molar-refractivity contribution in [1.82, 2.24) is 9.13 Å². The predicted molar refractivity (Wildman–Crippen MR) is 242 cm³/mol. The predicted octanol–water partition coefficient (Wildman–Crippen LogP) is 9.09. The number of hydrogen-bond donors (Lipinski definition) is 1. The van der Waals surface area contributed by atoms with E-state index < -0.39 is 220 Å². The largest absolute Gasteiger partial charge is 0.300 e. The molecule has 10 aromatic rings. The molecule has 0 unspecified atom stereocenters. The average Bonchev–Trinajstić information content (AvgIpc) is 1.87. The SMILES string of the molecule is [2H]c1c([2H])c([2H])c([Si](c2ccccc2)(c2cccc(C(=N)N=C(/N=C/n3c4c([2H])c([2H])c([2H])c([2H])c4c4c([2H])c([2H])c([2H])c([2H])c43)n3c4c([2H])c([2H])c([2H])c([2H])c4c4c([2H])c([2H])c([2H])c([2H])c43)c2)c2c([2H])c([2H])c([2H])c([2H])c2[2H])c([2H])c1[2H]. The van der Waals surface area contributed by atoms with Gasteiger partial charge in [0, 0.05) is 27.1 Å². The van der Waals surface area contributed by atoms with Gasteiger partial charge in [-0.1, -0.05) is 188 Å².